The van der Waals surface area contributed by atoms with Gasteiger partial charge in [0.1, 0.15) is 5.82 Å². The third kappa shape index (κ3) is 3.13. The summed E-state index contributed by atoms with van der Waals surface area (Å²) in [5, 5.41) is 0.676. The van der Waals surface area contributed by atoms with Crippen molar-refractivity contribution in [3.63, 3.8) is 0 Å². The van der Waals surface area contributed by atoms with Crippen LogP contribution in [0.15, 0.2) is 12.3 Å². The van der Waals surface area contributed by atoms with E-state index in [4.69, 9.17) is 22.1 Å². The second kappa shape index (κ2) is 6.36. The first-order chi connectivity index (χ1) is 8.74. The van der Waals surface area contributed by atoms with Crippen LogP contribution in [0.4, 0.5) is 5.82 Å². The van der Waals surface area contributed by atoms with Crippen LogP contribution in [0.25, 0.3) is 0 Å². The highest BCUT2D eigenvalue weighted by Crippen LogP contribution is 2.27. The van der Waals surface area contributed by atoms with E-state index in [2.05, 4.69) is 9.88 Å². The van der Waals surface area contributed by atoms with Crippen molar-refractivity contribution in [3.8, 4) is 0 Å². The smallest absolute Gasteiger partial charge is 0.147 e. The predicted octanol–water partition coefficient (Wildman–Crippen LogP) is 2.20. The molecule has 1 fully saturated rings. The number of piperidine rings is 1. The number of anilines is 1. The van der Waals surface area contributed by atoms with Crippen molar-refractivity contribution in [2.75, 3.05) is 24.6 Å². The van der Waals surface area contributed by atoms with E-state index in [1.165, 1.54) is 0 Å². The Morgan fingerprint density at radius 1 is 1.61 bits per heavy atom. The average molecular weight is 270 g/mol. The maximum Gasteiger partial charge on any atom is 0.147 e. The molecule has 5 heteroatoms. The van der Waals surface area contributed by atoms with E-state index < -0.39 is 0 Å². The molecule has 1 aromatic rings. The number of ether oxygens (including phenoxy) is 1. The summed E-state index contributed by atoms with van der Waals surface area (Å²) < 4.78 is 5.69. The summed E-state index contributed by atoms with van der Waals surface area (Å²) in [7, 11) is 0. The minimum Gasteiger partial charge on any atom is -0.377 e. The first-order valence-corrected chi connectivity index (χ1v) is 6.83. The van der Waals surface area contributed by atoms with Crippen molar-refractivity contribution in [2.45, 2.75) is 32.4 Å². The van der Waals surface area contributed by atoms with Crippen LogP contribution in [0.3, 0.4) is 0 Å². The van der Waals surface area contributed by atoms with Gasteiger partial charge in [0.25, 0.3) is 0 Å². The van der Waals surface area contributed by atoms with Crippen LogP contribution in [-0.4, -0.2) is 30.8 Å². The van der Waals surface area contributed by atoms with Crippen LogP contribution in [0.5, 0.6) is 0 Å². The zero-order valence-corrected chi connectivity index (χ0v) is 11.5. The van der Waals surface area contributed by atoms with E-state index in [1.807, 2.05) is 13.0 Å². The molecule has 100 valence electrons. The van der Waals surface area contributed by atoms with Gasteiger partial charge in [-0.1, -0.05) is 11.6 Å². The number of hydrogen-bond acceptors (Lipinski definition) is 4. The Bertz CT molecular complexity index is 398. The molecule has 0 aliphatic carbocycles. The molecule has 2 rings (SSSR count). The molecule has 0 spiro atoms. The minimum atomic E-state index is 0.288. The molecule has 2 heterocycles. The fourth-order valence-electron chi connectivity index (χ4n) is 2.32. The Hall–Kier alpha value is -0.840. The molecular weight excluding hydrogens is 250 g/mol. The third-order valence-corrected chi connectivity index (χ3v) is 3.47. The lowest BCUT2D eigenvalue weighted by Crippen LogP contribution is -2.40. The fourth-order valence-corrected chi connectivity index (χ4v) is 2.63. The van der Waals surface area contributed by atoms with Gasteiger partial charge in [0, 0.05) is 32.4 Å². The summed E-state index contributed by atoms with van der Waals surface area (Å²) in [6.45, 7) is 5.10. The number of hydrogen-bond donors (Lipinski definition) is 1. The Balaban J connectivity index is 2.10. The van der Waals surface area contributed by atoms with Crippen LogP contribution in [-0.2, 0) is 11.3 Å². The maximum absolute atomic E-state index is 6.27. The summed E-state index contributed by atoms with van der Waals surface area (Å²) in [6, 6.07) is 1.90. The molecule has 0 amide bonds. The van der Waals surface area contributed by atoms with Crippen molar-refractivity contribution >= 4 is 17.4 Å². The summed E-state index contributed by atoms with van der Waals surface area (Å²) >= 11 is 6.27. The van der Waals surface area contributed by atoms with Gasteiger partial charge < -0.3 is 15.4 Å². The van der Waals surface area contributed by atoms with Gasteiger partial charge in [-0.15, -0.1) is 0 Å². The largest absolute Gasteiger partial charge is 0.377 e. The molecule has 0 bridgehead atoms. The lowest BCUT2D eigenvalue weighted by atomic mass is 10.1. The molecule has 4 nitrogen and oxygen atoms in total. The summed E-state index contributed by atoms with van der Waals surface area (Å²) in [5.74, 6) is 0.846. The average Bonchev–Trinajstić information content (AvgIpc) is 2.39. The molecule has 0 saturated carbocycles. The van der Waals surface area contributed by atoms with E-state index in [-0.39, 0.29) is 6.10 Å². The maximum atomic E-state index is 6.27. The highest BCUT2D eigenvalue weighted by molar-refractivity contribution is 6.33. The van der Waals surface area contributed by atoms with Gasteiger partial charge in [0.2, 0.25) is 0 Å². The minimum absolute atomic E-state index is 0.288. The van der Waals surface area contributed by atoms with Crippen molar-refractivity contribution in [3.05, 3.63) is 22.8 Å². The van der Waals surface area contributed by atoms with Crippen LogP contribution in [0.1, 0.15) is 25.3 Å². The van der Waals surface area contributed by atoms with Crippen LogP contribution in [0.2, 0.25) is 5.02 Å². The molecule has 2 N–H and O–H groups in total. The molecule has 1 aromatic heterocycles. The van der Waals surface area contributed by atoms with Crippen molar-refractivity contribution < 1.29 is 4.74 Å². The number of rotatable bonds is 4. The summed E-state index contributed by atoms with van der Waals surface area (Å²) in [6.07, 6.45) is 4.31. The Kier molecular flexibility index (Phi) is 4.80. The topological polar surface area (TPSA) is 51.4 Å². The Morgan fingerprint density at radius 2 is 2.44 bits per heavy atom. The van der Waals surface area contributed by atoms with Crippen molar-refractivity contribution in [1.82, 2.24) is 4.98 Å². The molecule has 0 radical (unpaired) electrons. The monoisotopic (exact) mass is 269 g/mol. The molecule has 1 unspecified atom stereocenters. The van der Waals surface area contributed by atoms with Gasteiger partial charge in [-0.25, -0.2) is 4.98 Å². The Morgan fingerprint density at radius 3 is 3.11 bits per heavy atom. The quantitative estimate of drug-likeness (QED) is 0.910. The number of nitrogens with two attached hydrogens (primary N) is 1. The predicted molar refractivity (Wildman–Crippen MR) is 74.0 cm³/mol. The molecule has 1 aliphatic rings. The highest BCUT2D eigenvalue weighted by atomic mass is 35.5. The van der Waals surface area contributed by atoms with Gasteiger partial charge >= 0.3 is 0 Å². The number of pyridine rings is 1. The fraction of sp³-hybridized carbons (Fsp3) is 0.615. The molecule has 1 aliphatic heterocycles. The zero-order valence-electron chi connectivity index (χ0n) is 10.7. The van der Waals surface area contributed by atoms with Gasteiger partial charge in [-0.05, 0) is 31.4 Å². The molecule has 1 saturated heterocycles. The zero-order chi connectivity index (χ0) is 13.0. The number of aromatic nitrogens is 1. The summed E-state index contributed by atoms with van der Waals surface area (Å²) in [4.78, 5) is 6.63. The van der Waals surface area contributed by atoms with Gasteiger partial charge in [0.05, 0.1) is 11.1 Å². The van der Waals surface area contributed by atoms with Crippen LogP contribution in [0, 0.1) is 0 Å². The van der Waals surface area contributed by atoms with Crippen molar-refractivity contribution in [1.29, 1.82) is 0 Å². The van der Waals surface area contributed by atoms with Gasteiger partial charge in [0.15, 0.2) is 0 Å². The normalized spacial score (nSPS) is 20.2. The van der Waals surface area contributed by atoms with E-state index in [0.29, 0.717) is 11.6 Å². The Labute approximate surface area is 113 Å². The third-order valence-electron chi connectivity index (χ3n) is 3.19. The van der Waals surface area contributed by atoms with Crippen molar-refractivity contribution in [2.24, 2.45) is 5.73 Å². The molecule has 1 atom stereocenters. The van der Waals surface area contributed by atoms with Crippen LogP contribution >= 0.6 is 11.6 Å². The van der Waals surface area contributed by atoms with E-state index in [0.717, 1.165) is 43.9 Å². The standard InChI is InChI=1S/C13H20ClN3O/c1-2-18-11-4-3-5-17(9-11)13-12(14)6-10(7-15)8-16-13/h6,8,11H,2-5,7,9,15H2,1H3. The second-order valence-corrected chi connectivity index (χ2v) is 4.93. The number of halogens is 1. The van der Waals surface area contributed by atoms with Crippen LogP contribution < -0.4 is 10.6 Å². The lowest BCUT2D eigenvalue weighted by Gasteiger charge is -2.33. The van der Waals surface area contributed by atoms with E-state index >= 15 is 0 Å². The molecule has 0 aromatic carbocycles. The summed E-state index contributed by atoms with van der Waals surface area (Å²) in [5.41, 5.74) is 6.54. The molecular formula is C13H20ClN3O. The highest BCUT2D eigenvalue weighted by Gasteiger charge is 2.22. The SMILES string of the molecule is CCOC1CCCN(c2ncc(CN)cc2Cl)C1. The second-order valence-electron chi connectivity index (χ2n) is 4.52. The molecule has 18 heavy (non-hydrogen) atoms. The van der Waals surface area contributed by atoms with Gasteiger partial charge in [-0.2, -0.15) is 0 Å². The van der Waals surface area contributed by atoms with E-state index in [1.54, 1.807) is 6.20 Å². The first kappa shape index (κ1) is 13.6. The van der Waals surface area contributed by atoms with E-state index in [9.17, 15) is 0 Å². The van der Waals surface area contributed by atoms with Gasteiger partial charge in [-0.3, -0.25) is 0 Å². The lowest BCUT2D eigenvalue weighted by molar-refractivity contribution is 0.0525. The first-order valence-electron chi connectivity index (χ1n) is 6.45. The number of nitrogens with zero attached hydrogens (tertiary/aromatic N) is 2.